The van der Waals surface area contributed by atoms with Gasteiger partial charge in [-0.05, 0) is 52.0 Å². The third-order valence-electron chi connectivity index (χ3n) is 3.18. The summed E-state index contributed by atoms with van der Waals surface area (Å²) in [6.07, 6.45) is 0. The first-order valence-electron chi connectivity index (χ1n) is 7.26. The highest BCUT2D eigenvalue weighted by molar-refractivity contribution is 6.34. The lowest BCUT2D eigenvalue weighted by Crippen LogP contribution is -2.30. The molecule has 122 valence electrons. The molecule has 2 N–H and O–H groups in total. The predicted molar refractivity (Wildman–Crippen MR) is 90.2 cm³/mol. The van der Waals surface area contributed by atoms with Crippen LogP contribution in [0.3, 0.4) is 0 Å². The second-order valence-corrected chi connectivity index (χ2v) is 6.01. The van der Waals surface area contributed by atoms with Gasteiger partial charge in [0.15, 0.2) is 0 Å². The number of benzene rings is 1. The molecule has 0 spiro atoms. The van der Waals surface area contributed by atoms with Crippen molar-refractivity contribution in [1.29, 1.82) is 0 Å². The van der Waals surface area contributed by atoms with Gasteiger partial charge >= 0.3 is 0 Å². The molecule has 2 amide bonds. The highest BCUT2D eigenvalue weighted by atomic mass is 35.5. The molecule has 0 aliphatic rings. The fourth-order valence-electron chi connectivity index (χ4n) is 2.15. The molecule has 2 rings (SSSR count). The molecule has 5 nitrogen and oxygen atoms in total. The Morgan fingerprint density at radius 1 is 1.13 bits per heavy atom. The van der Waals surface area contributed by atoms with Crippen molar-refractivity contribution < 1.29 is 14.0 Å². The van der Waals surface area contributed by atoms with E-state index in [-0.39, 0.29) is 17.9 Å². The monoisotopic (exact) mass is 334 g/mol. The van der Waals surface area contributed by atoms with Gasteiger partial charge in [-0.1, -0.05) is 11.6 Å². The van der Waals surface area contributed by atoms with E-state index in [4.69, 9.17) is 16.0 Å². The number of hydrogen-bond acceptors (Lipinski definition) is 3. The SMILES string of the molecule is Cc1cc(C(=O)Nc2cc(C(=O)NC(C)C)ccc2Cl)c(C)o1. The molecule has 0 saturated heterocycles. The van der Waals surface area contributed by atoms with Crippen molar-refractivity contribution in [3.8, 4) is 0 Å². The number of aryl methyl sites for hydroxylation is 2. The molecule has 1 aromatic heterocycles. The largest absolute Gasteiger partial charge is 0.466 e. The van der Waals surface area contributed by atoms with E-state index >= 15 is 0 Å². The van der Waals surface area contributed by atoms with E-state index in [0.717, 1.165) is 0 Å². The average Bonchev–Trinajstić information content (AvgIpc) is 2.79. The van der Waals surface area contributed by atoms with Crippen LogP contribution in [0, 0.1) is 13.8 Å². The van der Waals surface area contributed by atoms with Crippen molar-refractivity contribution in [2.24, 2.45) is 0 Å². The zero-order chi connectivity index (χ0) is 17.1. The molecule has 23 heavy (non-hydrogen) atoms. The molecular weight excluding hydrogens is 316 g/mol. The van der Waals surface area contributed by atoms with Gasteiger partial charge in [-0.15, -0.1) is 0 Å². The van der Waals surface area contributed by atoms with Crippen molar-refractivity contribution in [3.05, 3.63) is 51.9 Å². The van der Waals surface area contributed by atoms with E-state index in [1.807, 2.05) is 13.8 Å². The number of nitrogens with one attached hydrogen (secondary N) is 2. The van der Waals surface area contributed by atoms with Gasteiger partial charge in [0, 0.05) is 11.6 Å². The first kappa shape index (κ1) is 17.1. The molecule has 0 radical (unpaired) electrons. The molecular formula is C17H19ClN2O3. The highest BCUT2D eigenvalue weighted by Gasteiger charge is 2.16. The Kier molecular flexibility index (Phi) is 5.11. The number of furan rings is 1. The van der Waals surface area contributed by atoms with Crippen molar-refractivity contribution in [3.63, 3.8) is 0 Å². The summed E-state index contributed by atoms with van der Waals surface area (Å²) >= 11 is 6.11. The molecule has 0 saturated carbocycles. The number of hydrogen-bond donors (Lipinski definition) is 2. The van der Waals surface area contributed by atoms with E-state index in [1.165, 1.54) is 0 Å². The average molecular weight is 335 g/mol. The van der Waals surface area contributed by atoms with E-state index in [9.17, 15) is 9.59 Å². The number of rotatable bonds is 4. The third kappa shape index (κ3) is 4.13. The number of carbonyl (C=O) groups is 2. The molecule has 6 heteroatoms. The van der Waals surface area contributed by atoms with Crippen molar-refractivity contribution in [1.82, 2.24) is 5.32 Å². The minimum absolute atomic E-state index is 0.0211. The predicted octanol–water partition coefficient (Wildman–Crippen LogP) is 3.94. The summed E-state index contributed by atoms with van der Waals surface area (Å²) in [5, 5.41) is 5.87. The molecule has 0 unspecified atom stereocenters. The summed E-state index contributed by atoms with van der Waals surface area (Å²) in [5.74, 6) is 0.638. The van der Waals surface area contributed by atoms with Crippen LogP contribution in [0.25, 0.3) is 0 Å². The molecule has 0 atom stereocenters. The molecule has 1 aromatic carbocycles. The number of carbonyl (C=O) groups excluding carboxylic acids is 2. The minimum atomic E-state index is -0.331. The summed E-state index contributed by atoms with van der Waals surface area (Å²) in [6.45, 7) is 7.24. The normalized spacial score (nSPS) is 10.7. The van der Waals surface area contributed by atoms with Gasteiger partial charge in [0.1, 0.15) is 11.5 Å². The van der Waals surface area contributed by atoms with Crippen molar-refractivity contribution in [2.75, 3.05) is 5.32 Å². The fourth-order valence-corrected chi connectivity index (χ4v) is 2.32. The molecule has 0 bridgehead atoms. The maximum atomic E-state index is 12.3. The van der Waals surface area contributed by atoms with Crippen molar-refractivity contribution in [2.45, 2.75) is 33.7 Å². The fraction of sp³-hybridized carbons (Fsp3) is 0.294. The van der Waals surface area contributed by atoms with Crippen LogP contribution >= 0.6 is 11.6 Å². The highest BCUT2D eigenvalue weighted by Crippen LogP contribution is 2.25. The summed E-state index contributed by atoms with van der Waals surface area (Å²) in [7, 11) is 0. The first-order valence-corrected chi connectivity index (χ1v) is 7.64. The van der Waals surface area contributed by atoms with Gasteiger partial charge in [0.05, 0.1) is 16.3 Å². The Balaban J connectivity index is 2.24. The van der Waals surface area contributed by atoms with Gasteiger partial charge in [-0.25, -0.2) is 0 Å². The molecule has 0 aliphatic heterocycles. The quantitative estimate of drug-likeness (QED) is 0.889. The van der Waals surface area contributed by atoms with E-state index < -0.39 is 0 Å². The Morgan fingerprint density at radius 2 is 1.83 bits per heavy atom. The van der Waals surface area contributed by atoms with Crippen molar-refractivity contribution >= 4 is 29.1 Å². The van der Waals surface area contributed by atoms with Crippen LogP contribution in [-0.2, 0) is 0 Å². The van der Waals surface area contributed by atoms with Crippen LogP contribution in [0.15, 0.2) is 28.7 Å². The Bertz CT molecular complexity index is 750. The Hall–Kier alpha value is -2.27. The molecule has 2 aromatic rings. The number of amides is 2. The van der Waals surface area contributed by atoms with Crippen LogP contribution in [0.2, 0.25) is 5.02 Å². The maximum absolute atomic E-state index is 12.3. The Morgan fingerprint density at radius 3 is 2.39 bits per heavy atom. The summed E-state index contributed by atoms with van der Waals surface area (Å²) < 4.78 is 5.35. The second-order valence-electron chi connectivity index (χ2n) is 5.60. The van der Waals surface area contributed by atoms with Gasteiger partial charge < -0.3 is 15.1 Å². The minimum Gasteiger partial charge on any atom is -0.466 e. The maximum Gasteiger partial charge on any atom is 0.259 e. The zero-order valence-electron chi connectivity index (χ0n) is 13.5. The molecule has 0 aliphatic carbocycles. The summed E-state index contributed by atoms with van der Waals surface area (Å²) in [6, 6.07) is 6.43. The van der Waals surface area contributed by atoms with Crippen LogP contribution in [0.1, 0.15) is 46.1 Å². The Labute approximate surface area is 140 Å². The van der Waals surface area contributed by atoms with Crippen LogP contribution in [0.4, 0.5) is 5.69 Å². The zero-order valence-corrected chi connectivity index (χ0v) is 14.2. The lowest BCUT2D eigenvalue weighted by Gasteiger charge is -2.11. The number of halogens is 1. The van der Waals surface area contributed by atoms with Crippen LogP contribution in [0.5, 0.6) is 0 Å². The van der Waals surface area contributed by atoms with Crippen LogP contribution < -0.4 is 10.6 Å². The standard InChI is InChI=1S/C17H19ClN2O3/c1-9(2)19-16(21)12-5-6-14(18)15(8-12)20-17(22)13-7-10(3)23-11(13)4/h5-9H,1-4H3,(H,19,21)(H,20,22). The van der Waals surface area contributed by atoms with Gasteiger partial charge in [0.25, 0.3) is 11.8 Å². The van der Waals surface area contributed by atoms with Crippen LogP contribution in [-0.4, -0.2) is 17.9 Å². The third-order valence-corrected chi connectivity index (χ3v) is 3.51. The molecule has 0 fully saturated rings. The number of anilines is 1. The first-order chi connectivity index (χ1) is 10.8. The summed E-state index contributed by atoms with van der Waals surface area (Å²) in [4.78, 5) is 24.4. The summed E-state index contributed by atoms with van der Waals surface area (Å²) in [5.41, 5.74) is 1.25. The van der Waals surface area contributed by atoms with E-state index in [1.54, 1.807) is 38.1 Å². The smallest absolute Gasteiger partial charge is 0.259 e. The second kappa shape index (κ2) is 6.87. The molecule has 1 heterocycles. The lowest BCUT2D eigenvalue weighted by atomic mass is 10.1. The van der Waals surface area contributed by atoms with E-state index in [2.05, 4.69) is 10.6 Å². The van der Waals surface area contributed by atoms with Gasteiger partial charge in [-0.2, -0.15) is 0 Å². The topological polar surface area (TPSA) is 71.3 Å². The van der Waals surface area contributed by atoms with Gasteiger partial charge in [0.2, 0.25) is 0 Å². The van der Waals surface area contributed by atoms with E-state index in [0.29, 0.717) is 33.4 Å². The van der Waals surface area contributed by atoms with Gasteiger partial charge in [-0.3, -0.25) is 9.59 Å². The lowest BCUT2D eigenvalue weighted by molar-refractivity contribution is 0.0941.